The number of carbonyl (C=O) groups excluding carboxylic acids is 1. The van der Waals surface area contributed by atoms with E-state index in [0.29, 0.717) is 0 Å². The first-order chi connectivity index (χ1) is 15.0. The van der Waals surface area contributed by atoms with Gasteiger partial charge in [0, 0.05) is 5.69 Å². The van der Waals surface area contributed by atoms with Crippen molar-refractivity contribution >= 4 is 44.8 Å². The lowest BCUT2D eigenvalue weighted by molar-refractivity contribution is -0.137. The second kappa shape index (κ2) is 9.35. The van der Waals surface area contributed by atoms with Gasteiger partial charge in [-0.05, 0) is 30.3 Å². The molecule has 13 heteroatoms. The van der Waals surface area contributed by atoms with E-state index < -0.39 is 37.9 Å². The number of benzene rings is 2. The summed E-state index contributed by atoms with van der Waals surface area (Å²) < 4.78 is 63.6. The van der Waals surface area contributed by atoms with Crippen LogP contribution in [0.2, 0.25) is 5.02 Å². The SMILES string of the molecule is O=C(CSc1ncc(S(=O)(=O)c2ccccc2Cl)c(=O)[nH]1)Nc1cccc(C(F)(F)F)c1. The van der Waals surface area contributed by atoms with Gasteiger partial charge in [-0.3, -0.25) is 9.59 Å². The van der Waals surface area contributed by atoms with Crippen molar-refractivity contribution in [2.75, 3.05) is 11.1 Å². The predicted molar refractivity (Wildman–Crippen MR) is 113 cm³/mol. The summed E-state index contributed by atoms with van der Waals surface area (Å²) in [5.74, 6) is -0.944. The Balaban J connectivity index is 1.70. The summed E-state index contributed by atoms with van der Waals surface area (Å²) in [5, 5.41) is 2.21. The van der Waals surface area contributed by atoms with E-state index in [1.807, 2.05) is 0 Å². The molecule has 0 saturated carbocycles. The number of hydrogen-bond donors (Lipinski definition) is 2. The molecule has 0 saturated heterocycles. The van der Waals surface area contributed by atoms with E-state index in [1.165, 1.54) is 30.3 Å². The highest BCUT2D eigenvalue weighted by atomic mass is 35.5. The van der Waals surface area contributed by atoms with E-state index in [4.69, 9.17) is 11.6 Å². The summed E-state index contributed by atoms with van der Waals surface area (Å²) in [6.07, 6.45) is -3.70. The van der Waals surface area contributed by atoms with Gasteiger partial charge in [0.25, 0.3) is 5.56 Å². The Morgan fingerprint density at radius 3 is 2.50 bits per heavy atom. The van der Waals surface area contributed by atoms with Crippen LogP contribution in [0.4, 0.5) is 18.9 Å². The molecule has 0 radical (unpaired) electrons. The smallest absolute Gasteiger partial charge is 0.325 e. The lowest BCUT2D eigenvalue weighted by atomic mass is 10.2. The molecule has 3 rings (SSSR count). The highest BCUT2D eigenvalue weighted by Crippen LogP contribution is 2.30. The molecular formula is C19H13ClF3N3O4S2. The Morgan fingerprint density at radius 2 is 1.84 bits per heavy atom. The van der Waals surface area contributed by atoms with E-state index in [-0.39, 0.29) is 26.5 Å². The molecule has 2 N–H and O–H groups in total. The monoisotopic (exact) mass is 503 g/mol. The van der Waals surface area contributed by atoms with Gasteiger partial charge < -0.3 is 10.3 Å². The van der Waals surface area contributed by atoms with Crippen LogP contribution in [0.5, 0.6) is 0 Å². The first kappa shape index (κ1) is 23.8. The number of rotatable bonds is 6. The minimum atomic E-state index is -4.55. The van der Waals surface area contributed by atoms with Crippen molar-refractivity contribution in [2.24, 2.45) is 0 Å². The number of thioether (sulfide) groups is 1. The minimum absolute atomic E-state index is 0.0481. The number of aromatic nitrogens is 2. The number of nitrogens with one attached hydrogen (secondary N) is 2. The van der Waals surface area contributed by atoms with E-state index >= 15 is 0 Å². The molecule has 0 spiro atoms. The second-order valence-electron chi connectivity index (χ2n) is 6.23. The zero-order valence-corrected chi connectivity index (χ0v) is 18.2. The van der Waals surface area contributed by atoms with Crippen molar-refractivity contribution in [3.63, 3.8) is 0 Å². The van der Waals surface area contributed by atoms with Crippen LogP contribution in [0.1, 0.15) is 5.56 Å². The fourth-order valence-electron chi connectivity index (χ4n) is 2.52. The Hall–Kier alpha value is -2.83. The highest BCUT2D eigenvalue weighted by molar-refractivity contribution is 7.99. The largest absolute Gasteiger partial charge is 0.416 e. The zero-order chi connectivity index (χ0) is 23.5. The van der Waals surface area contributed by atoms with Crippen LogP contribution < -0.4 is 10.9 Å². The lowest BCUT2D eigenvalue weighted by Gasteiger charge is -2.10. The molecule has 0 aliphatic heterocycles. The van der Waals surface area contributed by atoms with Gasteiger partial charge in [0.1, 0.15) is 0 Å². The summed E-state index contributed by atoms with van der Waals surface area (Å²) >= 11 is 6.67. The molecule has 0 atom stereocenters. The third-order valence-electron chi connectivity index (χ3n) is 3.97. The maximum atomic E-state index is 12.8. The van der Waals surface area contributed by atoms with Crippen molar-refractivity contribution in [2.45, 2.75) is 21.1 Å². The van der Waals surface area contributed by atoms with Gasteiger partial charge in [-0.2, -0.15) is 13.2 Å². The molecule has 0 aliphatic rings. The summed E-state index contributed by atoms with van der Waals surface area (Å²) in [5.41, 5.74) is -1.92. The van der Waals surface area contributed by atoms with E-state index in [9.17, 15) is 31.2 Å². The molecule has 0 fully saturated rings. The number of sulfone groups is 1. The third kappa shape index (κ3) is 5.50. The van der Waals surface area contributed by atoms with Crippen LogP contribution in [-0.4, -0.2) is 30.0 Å². The number of carbonyl (C=O) groups is 1. The number of H-pyrrole nitrogens is 1. The molecule has 0 aliphatic carbocycles. The standard InChI is InChI=1S/C19H13ClF3N3O4S2/c20-13-6-1-2-7-14(13)32(29,30)15-9-24-18(26-17(15)28)31-10-16(27)25-12-5-3-4-11(8-12)19(21,22)23/h1-9H,10H2,(H,25,27)(H,24,26,28). The average molecular weight is 504 g/mol. The summed E-state index contributed by atoms with van der Waals surface area (Å²) in [6.45, 7) is 0. The highest BCUT2D eigenvalue weighted by Gasteiger charge is 2.30. The van der Waals surface area contributed by atoms with Crippen LogP contribution in [0, 0.1) is 0 Å². The topological polar surface area (TPSA) is 109 Å². The van der Waals surface area contributed by atoms with Gasteiger partial charge in [0.2, 0.25) is 15.7 Å². The maximum absolute atomic E-state index is 12.8. The number of nitrogens with zero attached hydrogens (tertiary/aromatic N) is 1. The minimum Gasteiger partial charge on any atom is -0.325 e. The van der Waals surface area contributed by atoms with Gasteiger partial charge >= 0.3 is 6.18 Å². The molecule has 3 aromatic rings. The van der Waals surface area contributed by atoms with Gasteiger partial charge in [-0.25, -0.2) is 13.4 Å². The quantitative estimate of drug-likeness (QED) is 0.388. The van der Waals surface area contributed by atoms with Crippen LogP contribution in [0.3, 0.4) is 0 Å². The molecule has 1 aromatic heterocycles. The molecule has 168 valence electrons. The second-order valence-corrected chi connectivity index (χ2v) is 9.49. The van der Waals surface area contributed by atoms with E-state index in [0.717, 1.165) is 36.2 Å². The van der Waals surface area contributed by atoms with Gasteiger partial charge in [0.05, 0.1) is 27.4 Å². The molecule has 0 unspecified atom stereocenters. The van der Waals surface area contributed by atoms with Crippen molar-refractivity contribution < 1.29 is 26.4 Å². The number of hydrogen-bond acceptors (Lipinski definition) is 6. The van der Waals surface area contributed by atoms with Crippen LogP contribution in [0.25, 0.3) is 0 Å². The molecular weight excluding hydrogens is 491 g/mol. The average Bonchev–Trinajstić information content (AvgIpc) is 2.72. The van der Waals surface area contributed by atoms with Crippen LogP contribution in [0.15, 0.2) is 74.5 Å². The van der Waals surface area contributed by atoms with Crippen molar-refractivity contribution in [3.8, 4) is 0 Å². The van der Waals surface area contributed by atoms with E-state index in [2.05, 4.69) is 15.3 Å². The van der Waals surface area contributed by atoms with Crippen LogP contribution in [-0.2, 0) is 20.8 Å². The first-order valence-electron chi connectivity index (χ1n) is 8.67. The maximum Gasteiger partial charge on any atom is 0.416 e. The summed E-state index contributed by atoms with van der Waals surface area (Å²) in [4.78, 5) is 29.6. The lowest BCUT2D eigenvalue weighted by Crippen LogP contribution is -2.20. The zero-order valence-electron chi connectivity index (χ0n) is 15.8. The summed E-state index contributed by atoms with van der Waals surface area (Å²) in [6, 6.07) is 9.71. The molecule has 2 aromatic carbocycles. The fourth-order valence-corrected chi connectivity index (χ4v) is 4.90. The molecule has 32 heavy (non-hydrogen) atoms. The van der Waals surface area contributed by atoms with Crippen molar-refractivity contribution in [3.05, 3.63) is 75.7 Å². The number of amides is 1. The van der Waals surface area contributed by atoms with Gasteiger partial charge in [0.15, 0.2) is 10.1 Å². The molecule has 0 bridgehead atoms. The molecule has 1 heterocycles. The van der Waals surface area contributed by atoms with Gasteiger partial charge in [-0.15, -0.1) is 0 Å². The van der Waals surface area contributed by atoms with Crippen LogP contribution >= 0.6 is 23.4 Å². The van der Waals surface area contributed by atoms with Crippen molar-refractivity contribution in [1.82, 2.24) is 9.97 Å². The fraction of sp³-hybridized carbons (Fsp3) is 0.105. The number of alkyl halides is 3. The Bertz CT molecular complexity index is 1330. The first-order valence-corrected chi connectivity index (χ1v) is 11.5. The summed E-state index contributed by atoms with van der Waals surface area (Å²) in [7, 11) is -4.22. The predicted octanol–water partition coefficient (Wildman–Crippen LogP) is 4.01. The Labute approximate surface area is 189 Å². The number of aromatic amines is 1. The Kier molecular flexibility index (Phi) is 6.96. The molecule has 1 amide bonds. The number of anilines is 1. The third-order valence-corrected chi connectivity index (χ3v) is 7.11. The normalized spacial score (nSPS) is 11.9. The van der Waals surface area contributed by atoms with E-state index in [1.54, 1.807) is 0 Å². The van der Waals surface area contributed by atoms with Gasteiger partial charge in [-0.1, -0.05) is 41.6 Å². The molecule has 7 nitrogen and oxygen atoms in total. The Morgan fingerprint density at radius 1 is 1.12 bits per heavy atom. The van der Waals surface area contributed by atoms with Crippen molar-refractivity contribution in [1.29, 1.82) is 0 Å². The number of halogens is 4.